The van der Waals surface area contributed by atoms with Crippen LogP contribution in [0.15, 0.2) is 22.9 Å². The van der Waals surface area contributed by atoms with Crippen LogP contribution in [-0.4, -0.2) is 9.97 Å². The van der Waals surface area contributed by atoms with Crippen LogP contribution in [0.2, 0.25) is 0 Å². The van der Waals surface area contributed by atoms with Crippen molar-refractivity contribution in [3.63, 3.8) is 0 Å². The number of rotatable bonds is 0. The van der Waals surface area contributed by atoms with Crippen LogP contribution < -0.4 is 5.73 Å². The van der Waals surface area contributed by atoms with Gasteiger partial charge in [0.05, 0.1) is 5.39 Å². The number of hydrogen-bond donors (Lipinski definition) is 2. The van der Waals surface area contributed by atoms with Gasteiger partial charge in [-0.25, -0.2) is 4.98 Å². The number of fused-ring (bicyclic) bond motifs is 1. The first-order chi connectivity index (χ1) is 5.29. The summed E-state index contributed by atoms with van der Waals surface area (Å²) in [6.07, 6.45) is 3.51. The number of halogens is 1. The molecule has 0 bridgehead atoms. The van der Waals surface area contributed by atoms with E-state index in [0.717, 1.165) is 21.2 Å². The highest BCUT2D eigenvalue weighted by Gasteiger charge is 2.03. The minimum Gasteiger partial charge on any atom is -0.398 e. The molecule has 0 unspecified atom stereocenters. The Morgan fingerprint density at radius 3 is 3.09 bits per heavy atom. The fourth-order valence-corrected chi connectivity index (χ4v) is 1.57. The molecular formula is C7H6BrN3. The van der Waals surface area contributed by atoms with Gasteiger partial charge < -0.3 is 10.7 Å². The van der Waals surface area contributed by atoms with E-state index in [1.54, 1.807) is 12.3 Å². The molecule has 11 heavy (non-hydrogen) atoms. The summed E-state index contributed by atoms with van der Waals surface area (Å²) in [4.78, 5) is 7.09. The van der Waals surface area contributed by atoms with Crippen LogP contribution >= 0.6 is 15.9 Å². The Labute approximate surface area is 71.7 Å². The van der Waals surface area contributed by atoms with E-state index in [1.807, 2.05) is 6.20 Å². The fraction of sp³-hybridized carbons (Fsp3) is 0. The summed E-state index contributed by atoms with van der Waals surface area (Å²) in [7, 11) is 0. The first kappa shape index (κ1) is 6.67. The van der Waals surface area contributed by atoms with Gasteiger partial charge in [0.2, 0.25) is 0 Å². The number of hydrogen-bond acceptors (Lipinski definition) is 2. The zero-order valence-corrected chi connectivity index (χ0v) is 7.22. The Balaban J connectivity index is 2.96. The highest BCUT2D eigenvalue weighted by Crippen LogP contribution is 2.26. The summed E-state index contributed by atoms with van der Waals surface area (Å²) >= 11 is 3.37. The number of H-pyrrole nitrogens is 1. The molecule has 0 aliphatic rings. The number of aromatic amines is 1. The fourth-order valence-electron chi connectivity index (χ4n) is 1.04. The lowest BCUT2D eigenvalue weighted by atomic mass is 10.3. The van der Waals surface area contributed by atoms with E-state index < -0.39 is 0 Å². The second-order valence-corrected chi connectivity index (χ2v) is 3.11. The van der Waals surface area contributed by atoms with Crippen molar-refractivity contribution in [2.45, 2.75) is 0 Å². The van der Waals surface area contributed by atoms with Crippen LogP contribution in [-0.2, 0) is 0 Å². The topological polar surface area (TPSA) is 54.7 Å². The standard InChI is InChI=1S/C7H6BrN3/c8-4-3-11-7-6(4)5(9)1-2-10-7/h1-3H,(H3,9,10,11). The van der Waals surface area contributed by atoms with Crippen molar-refractivity contribution in [3.8, 4) is 0 Å². The Kier molecular flexibility index (Phi) is 1.35. The lowest BCUT2D eigenvalue weighted by Gasteiger charge is -1.93. The summed E-state index contributed by atoms with van der Waals surface area (Å²) in [6.45, 7) is 0. The molecule has 0 fully saturated rings. The summed E-state index contributed by atoms with van der Waals surface area (Å²) in [6, 6.07) is 1.78. The Morgan fingerprint density at radius 2 is 2.36 bits per heavy atom. The van der Waals surface area contributed by atoms with Gasteiger partial charge in [0, 0.05) is 22.6 Å². The van der Waals surface area contributed by atoms with Crippen LogP contribution in [0, 0.1) is 0 Å². The lowest BCUT2D eigenvalue weighted by molar-refractivity contribution is 1.33. The zero-order valence-electron chi connectivity index (χ0n) is 5.63. The summed E-state index contributed by atoms with van der Waals surface area (Å²) in [5.74, 6) is 0. The van der Waals surface area contributed by atoms with Crippen molar-refractivity contribution in [3.05, 3.63) is 22.9 Å². The maximum atomic E-state index is 5.71. The van der Waals surface area contributed by atoms with E-state index in [-0.39, 0.29) is 0 Å². The van der Waals surface area contributed by atoms with Crippen LogP contribution in [0.3, 0.4) is 0 Å². The first-order valence-corrected chi connectivity index (χ1v) is 3.95. The van der Waals surface area contributed by atoms with E-state index in [4.69, 9.17) is 5.73 Å². The minimum absolute atomic E-state index is 0.739. The molecule has 2 aromatic rings. The number of nitrogens with zero attached hydrogens (tertiary/aromatic N) is 1. The van der Waals surface area contributed by atoms with Gasteiger partial charge in [-0.05, 0) is 22.0 Å². The third kappa shape index (κ3) is 0.903. The maximum Gasteiger partial charge on any atom is 0.140 e. The zero-order chi connectivity index (χ0) is 7.84. The van der Waals surface area contributed by atoms with Crippen molar-refractivity contribution in [1.29, 1.82) is 0 Å². The molecule has 0 atom stereocenters. The average Bonchev–Trinajstić information content (AvgIpc) is 2.34. The Bertz CT molecular complexity index is 393. The van der Waals surface area contributed by atoms with Crippen molar-refractivity contribution in [1.82, 2.24) is 9.97 Å². The number of nitrogens with two attached hydrogens (primary N) is 1. The molecule has 56 valence electrons. The van der Waals surface area contributed by atoms with Gasteiger partial charge >= 0.3 is 0 Å². The van der Waals surface area contributed by atoms with Crippen molar-refractivity contribution in [2.24, 2.45) is 0 Å². The van der Waals surface area contributed by atoms with Crippen LogP contribution in [0.1, 0.15) is 0 Å². The van der Waals surface area contributed by atoms with Crippen LogP contribution in [0.5, 0.6) is 0 Å². The number of pyridine rings is 1. The van der Waals surface area contributed by atoms with Gasteiger partial charge in [-0.1, -0.05) is 0 Å². The first-order valence-electron chi connectivity index (χ1n) is 3.16. The number of aromatic nitrogens is 2. The predicted molar refractivity (Wildman–Crippen MR) is 48.2 cm³/mol. The molecule has 3 N–H and O–H groups in total. The molecular weight excluding hydrogens is 206 g/mol. The molecule has 3 nitrogen and oxygen atoms in total. The molecule has 0 aliphatic carbocycles. The highest BCUT2D eigenvalue weighted by molar-refractivity contribution is 9.10. The van der Waals surface area contributed by atoms with Gasteiger partial charge in [-0.3, -0.25) is 0 Å². The van der Waals surface area contributed by atoms with Gasteiger partial charge in [-0.2, -0.15) is 0 Å². The van der Waals surface area contributed by atoms with Gasteiger partial charge in [0.1, 0.15) is 5.65 Å². The van der Waals surface area contributed by atoms with Crippen LogP contribution in [0.25, 0.3) is 11.0 Å². The normalized spacial score (nSPS) is 10.6. The second-order valence-electron chi connectivity index (χ2n) is 2.26. The van der Waals surface area contributed by atoms with Gasteiger partial charge in [-0.15, -0.1) is 0 Å². The van der Waals surface area contributed by atoms with Gasteiger partial charge in [0.15, 0.2) is 0 Å². The smallest absolute Gasteiger partial charge is 0.140 e. The summed E-state index contributed by atoms with van der Waals surface area (Å²) < 4.78 is 0.957. The van der Waals surface area contributed by atoms with E-state index in [0.29, 0.717) is 0 Å². The molecule has 0 saturated carbocycles. The van der Waals surface area contributed by atoms with Gasteiger partial charge in [0.25, 0.3) is 0 Å². The third-order valence-corrected chi connectivity index (χ3v) is 2.18. The number of anilines is 1. The minimum atomic E-state index is 0.739. The predicted octanol–water partition coefficient (Wildman–Crippen LogP) is 1.91. The molecule has 4 heteroatoms. The lowest BCUT2D eigenvalue weighted by Crippen LogP contribution is -1.86. The molecule has 0 amide bonds. The monoisotopic (exact) mass is 211 g/mol. The SMILES string of the molecule is Nc1ccnc2[nH]cc(Br)c12. The Hall–Kier alpha value is -1.03. The molecule has 0 radical (unpaired) electrons. The van der Waals surface area contributed by atoms with Crippen molar-refractivity contribution in [2.75, 3.05) is 5.73 Å². The average molecular weight is 212 g/mol. The molecule has 0 spiro atoms. The van der Waals surface area contributed by atoms with Crippen molar-refractivity contribution >= 4 is 32.7 Å². The molecule has 0 saturated heterocycles. The largest absolute Gasteiger partial charge is 0.398 e. The van der Waals surface area contributed by atoms with E-state index in [1.165, 1.54) is 0 Å². The highest BCUT2D eigenvalue weighted by atomic mass is 79.9. The molecule has 2 heterocycles. The maximum absolute atomic E-state index is 5.71. The molecule has 0 aromatic carbocycles. The quantitative estimate of drug-likeness (QED) is 0.700. The van der Waals surface area contributed by atoms with E-state index in [2.05, 4.69) is 25.9 Å². The summed E-state index contributed by atoms with van der Waals surface area (Å²) in [5.41, 5.74) is 7.27. The molecule has 0 aliphatic heterocycles. The Morgan fingerprint density at radius 1 is 1.55 bits per heavy atom. The second kappa shape index (κ2) is 2.23. The van der Waals surface area contributed by atoms with E-state index >= 15 is 0 Å². The number of nitrogens with one attached hydrogen (secondary N) is 1. The van der Waals surface area contributed by atoms with E-state index in [9.17, 15) is 0 Å². The summed E-state index contributed by atoms with van der Waals surface area (Å²) in [5, 5.41) is 0.951. The number of nitrogen functional groups attached to an aromatic ring is 1. The molecule has 2 aromatic heterocycles. The third-order valence-electron chi connectivity index (χ3n) is 1.56. The van der Waals surface area contributed by atoms with Crippen LogP contribution in [0.4, 0.5) is 5.69 Å². The van der Waals surface area contributed by atoms with Crippen molar-refractivity contribution < 1.29 is 0 Å². The molecule has 2 rings (SSSR count).